The van der Waals surface area contributed by atoms with E-state index in [-0.39, 0.29) is 17.4 Å². The summed E-state index contributed by atoms with van der Waals surface area (Å²) in [6.07, 6.45) is 6.52. The summed E-state index contributed by atoms with van der Waals surface area (Å²) in [4.78, 5) is 12.5. The number of aliphatic hydroxyl groups is 1. The number of carbonyl (C=O) groups excluding carboxylic acids is 1. The second kappa shape index (κ2) is 5.47. The molecule has 0 amide bonds. The molecule has 4 atom stereocenters. The Kier molecular flexibility index (Phi) is 4.04. The Hall–Kier alpha value is -0.633. The summed E-state index contributed by atoms with van der Waals surface area (Å²) >= 11 is 0. The van der Waals surface area contributed by atoms with Crippen molar-refractivity contribution >= 4 is 13.9 Å². The van der Waals surface area contributed by atoms with Crippen LogP contribution < -0.4 is 0 Å². The van der Waals surface area contributed by atoms with Crippen molar-refractivity contribution in [3.63, 3.8) is 0 Å². The zero-order valence-electron chi connectivity index (χ0n) is 14.1. The summed E-state index contributed by atoms with van der Waals surface area (Å²) in [5, 5.41) is 11.0. The van der Waals surface area contributed by atoms with Crippen molar-refractivity contribution in [3.05, 3.63) is 0 Å². The van der Waals surface area contributed by atoms with Gasteiger partial charge in [0, 0.05) is 24.7 Å². The van der Waals surface area contributed by atoms with Crippen LogP contribution in [0.5, 0.6) is 0 Å². The average molecular weight is 321 g/mol. The van der Waals surface area contributed by atoms with Crippen molar-refractivity contribution in [2.24, 2.45) is 11.3 Å². The van der Waals surface area contributed by atoms with Crippen LogP contribution in [-0.2, 0) is 9.53 Å². The molecule has 2 saturated carbocycles. The third kappa shape index (κ3) is 2.58. The molecule has 1 heterocycles. The smallest absolute Gasteiger partial charge is 0.172 e. The van der Waals surface area contributed by atoms with E-state index in [1.807, 2.05) is 0 Å². The van der Waals surface area contributed by atoms with Gasteiger partial charge in [-0.2, -0.15) is 0 Å². The molecule has 3 rings (SSSR count). The number of hydrogen-bond acceptors (Lipinski definition) is 3. The molecular formula is C18H28O3Si. The average Bonchev–Trinajstić information content (AvgIpc) is 2.82. The summed E-state index contributed by atoms with van der Waals surface area (Å²) in [5.41, 5.74) is 3.08. The maximum Gasteiger partial charge on any atom is 0.172 e. The van der Waals surface area contributed by atoms with E-state index in [4.69, 9.17) is 4.74 Å². The van der Waals surface area contributed by atoms with Gasteiger partial charge in [0.05, 0.1) is 12.0 Å². The Balaban J connectivity index is 1.76. The molecule has 0 aromatic carbocycles. The van der Waals surface area contributed by atoms with Gasteiger partial charge in [0.25, 0.3) is 0 Å². The fourth-order valence-corrected chi connectivity index (χ4v) is 5.48. The van der Waals surface area contributed by atoms with Crippen molar-refractivity contribution in [2.75, 3.05) is 0 Å². The Bertz CT molecular complexity index is 527. The maximum atomic E-state index is 12.5. The number of Topliss-reactive ketones (excluding diaryl/α,β-unsaturated/α-hetero) is 1. The van der Waals surface area contributed by atoms with Crippen LogP contribution in [0.4, 0.5) is 0 Å². The molecule has 0 radical (unpaired) electrons. The molecule has 1 unspecified atom stereocenters. The Morgan fingerprint density at radius 3 is 2.73 bits per heavy atom. The van der Waals surface area contributed by atoms with Crippen LogP contribution in [0.25, 0.3) is 0 Å². The maximum absolute atomic E-state index is 12.5. The molecular weight excluding hydrogens is 292 g/mol. The molecule has 3 aliphatic rings. The highest BCUT2D eigenvalue weighted by atomic mass is 28.3. The lowest BCUT2D eigenvalue weighted by Crippen LogP contribution is -2.48. The van der Waals surface area contributed by atoms with Crippen LogP contribution in [-0.4, -0.2) is 30.9 Å². The lowest BCUT2D eigenvalue weighted by Gasteiger charge is -2.41. The summed E-state index contributed by atoms with van der Waals surface area (Å²) in [5.74, 6) is 2.44. The fraction of sp³-hybridized carbons (Fsp3) is 0.833. The van der Waals surface area contributed by atoms with Crippen LogP contribution in [0, 0.1) is 22.8 Å². The van der Waals surface area contributed by atoms with Gasteiger partial charge in [-0.1, -0.05) is 19.6 Å². The highest BCUT2D eigenvalue weighted by Crippen LogP contribution is 2.64. The minimum Gasteiger partial charge on any atom is -0.365 e. The highest BCUT2D eigenvalue weighted by molar-refractivity contribution is 6.83. The first-order valence-corrected chi connectivity index (χ1v) is 12.2. The first-order valence-electron chi connectivity index (χ1n) is 8.70. The molecule has 2 aliphatic carbocycles. The third-order valence-corrected chi connectivity index (χ3v) is 6.57. The first-order chi connectivity index (χ1) is 10.3. The van der Waals surface area contributed by atoms with Crippen LogP contribution in [0.1, 0.15) is 51.4 Å². The van der Waals surface area contributed by atoms with E-state index in [1.165, 1.54) is 0 Å². The van der Waals surface area contributed by atoms with Crippen LogP contribution >= 0.6 is 0 Å². The predicted octanol–water partition coefficient (Wildman–Crippen LogP) is 3.27. The van der Waals surface area contributed by atoms with E-state index in [0.717, 1.165) is 38.5 Å². The fourth-order valence-electron chi connectivity index (χ4n) is 4.83. The van der Waals surface area contributed by atoms with Gasteiger partial charge in [0.2, 0.25) is 0 Å². The van der Waals surface area contributed by atoms with Crippen LogP contribution in [0.15, 0.2) is 0 Å². The zero-order chi connectivity index (χ0) is 16.0. The molecule has 22 heavy (non-hydrogen) atoms. The zero-order valence-corrected chi connectivity index (χ0v) is 15.1. The SMILES string of the molecule is C[Si](C)(C)C#CCC[C@@H]1O[C@]2(O)CCCC23CCCC(=O)[C@H]13. The van der Waals surface area contributed by atoms with Crippen molar-refractivity contribution in [1.29, 1.82) is 0 Å². The molecule has 3 fully saturated rings. The molecule has 3 nitrogen and oxygen atoms in total. The number of hydrogen-bond donors (Lipinski definition) is 1. The minimum absolute atomic E-state index is 0.0950. The summed E-state index contributed by atoms with van der Waals surface area (Å²) in [6, 6.07) is 0. The molecule has 1 N–H and O–H groups in total. The number of rotatable bonds is 2. The monoisotopic (exact) mass is 320 g/mol. The summed E-state index contributed by atoms with van der Waals surface area (Å²) < 4.78 is 6.09. The van der Waals surface area contributed by atoms with Gasteiger partial charge in [-0.3, -0.25) is 4.79 Å². The Morgan fingerprint density at radius 2 is 2.00 bits per heavy atom. The van der Waals surface area contributed by atoms with Gasteiger partial charge < -0.3 is 9.84 Å². The Labute approximate surface area is 134 Å². The third-order valence-electron chi connectivity index (χ3n) is 5.64. The largest absolute Gasteiger partial charge is 0.365 e. The van der Waals surface area contributed by atoms with E-state index in [1.54, 1.807) is 0 Å². The van der Waals surface area contributed by atoms with Crippen molar-refractivity contribution in [1.82, 2.24) is 0 Å². The van der Waals surface area contributed by atoms with Gasteiger partial charge in [0.1, 0.15) is 13.9 Å². The number of ketones is 1. The van der Waals surface area contributed by atoms with E-state index in [9.17, 15) is 9.90 Å². The van der Waals surface area contributed by atoms with Gasteiger partial charge in [-0.05, 0) is 32.1 Å². The van der Waals surface area contributed by atoms with E-state index in [0.29, 0.717) is 18.6 Å². The van der Waals surface area contributed by atoms with E-state index >= 15 is 0 Å². The first kappa shape index (κ1) is 16.2. The molecule has 0 bridgehead atoms. The topological polar surface area (TPSA) is 46.5 Å². The van der Waals surface area contributed by atoms with E-state index < -0.39 is 13.9 Å². The predicted molar refractivity (Wildman–Crippen MR) is 88.8 cm³/mol. The van der Waals surface area contributed by atoms with Crippen molar-refractivity contribution < 1.29 is 14.6 Å². The highest BCUT2D eigenvalue weighted by Gasteiger charge is 2.69. The molecule has 1 saturated heterocycles. The normalized spacial score (nSPS) is 40.8. The van der Waals surface area contributed by atoms with E-state index in [2.05, 4.69) is 31.1 Å². The summed E-state index contributed by atoms with van der Waals surface area (Å²) in [7, 11) is -1.34. The molecule has 0 aromatic heterocycles. The summed E-state index contributed by atoms with van der Waals surface area (Å²) in [6.45, 7) is 6.70. The molecule has 4 heteroatoms. The molecule has 1 spiro atoms. The van der Waals surface area contributed by atoms with Gasteiger partial charge in [-0.15, -0.1) is 11.5 Å². The standard InChI is InChI=1S/C18H28O3Si/c1-22(2,3)13-5-4-9-15-16-14(19)8-6-10-17(16)11-7-12-18(17,20)21-15/h15-16,20H,4,6-12H2,1-3H3/t15-,16+,17?,18+/m0/s1. The molecule has 0 aromatic rings. The van der Waals surface area contributed by atoms with Crippen molar-refractivity contribution in [3.8, 4) is 11.5 Å². The van der Waals surface area contributed by atoms with Crippen LogP contribution in [0.3, 0.4) is 0 Å². The second-order valence-electron chi connectivity index (χ2n) is 8.34. The lowest BCUT2D eigenvalue weighted by molar-refractivity contribution is -0.229. The minimum atomic E-state index is -1.34. The number of ether oxygens (including phenoxy) is 1. The van der Waals surface area contributed by atoms with Gasteiger partial charge >= 0.3 is 0 Å². The number of carbonyl (C=O) groups is 1. The Morgan fingerprint density at radius 1 is 1.27 bits per heavy atom. The molecule has 1 aliphatic heterocycles. The second-order valence-corrected chi connectivity index (χ2v) is 13.1. The quantitative estimate of drug-likeness (QED) is 0.627. The van der Waals surface area contributed by atoms with Gasteiger partial charge in [-0.25, -0.2) is 0 Å². The lowest BCUT2D eigenvalue weighted by atomic mass is 9.62. The van der Waals surface area contributed by atoms with Crippen molar-refractivity contribution in [2.45, 2.75) is 82.9 Å². The van der Waals surface area contributed by atoms with Crippen LogP contribution in [0.2, 0.25) is 19.6 Å². The van der Waals surface area contributed by atoms with Gasteiger partial charge in [0.15, 0.2) is 5.79 Å². The molecule has 122 valence electrons.